The van der Waals surface area contributed by atoms with E-state index in [-0.39, 0.29) is 5.97 Å². The fourth-order valence-electron chi connectivity index (χ4n) is 9.01. The number of methoxy groups -OCH3 is 6. The van der Waals surface area contributed by atoms with Crippen molar-refractivity contribution in [2.75, 3.05) is 89.5 Å². The van der Waals surface area contributed by atoms with Crippen LogP contribution in [0, 0.1) is 0 Å². The van der Waals surface area contributed by atoms with Gasteiger partial charge < -0.3 is 42.1 Å². The Labute approximate surface area is 342 Å². The average Bonchev–Trinajstić information content (AvgIpc) is 3.23. The van der Waals surface area contributed by atoms with Gasteiger partial charge in [0.05, 0.1) is 96.0 Å². The zero-order chi connectivity index (χ0) is 40.8. The first-order valence-corrected chi connectivity index (χ1v) is 21.1. The molecule has 0 saturated carbocycles. The smallest absolute Gasteiger partial charge is 0.311 e. The second-order valence-electron chi connectivity index (χ2n) is 16.6. The van der Waals surface area contributed by atoms with Crippen LogP contribution < -0.4 is 28.4 Å². The van der Waals surface area contributed by atoms with E-state index in [9.17, 15) is 4.79 Å². The summed E-state index contributed by atoms with van der Waals surface area (Å²) in [6.45, 7) is 5.42. The molecule has 2 aliphatic heterocycles. The third-order valence-electron chi connectivity index (χ3n) is 12.6. The molecule has 10 nitrogen and oxygen atoms in total. The van der Waals surface area contributed by atoms with Gasteiger partial charge in [0, 0.05) is 30.4 Å². The normalized spacial score (nSPS) is 19.9. The van der Waals surface area contributed by atoms with Crippen molar-refractivity contribution in [1.29, 1.82) is 0 Å². The molecule has 3 aromatic carbocycles. The number of rotatable bonds is 23. The Hall–Kier alpha value is -4.15. The summed E-state index contributed by atoms with van der Waals surface area (Å²) in [5.41, 5.74) is 6.53. The first kappa shape index (κ1) is 44.0. The molecule has 0 amide bonds. The molecule has 0 spiro atoms. The lowest BCUT2D eigenvalue weighted by molar-refractivity contribution is -0.941. The molecule has 2 heterocycles. The van der Waals surface area contributed by atoms with Crippen LogP contribution in [0.3, 0.4) is 0 Å². The van der Waals surface area contributed by atoms with Gasteiger partial charge in [-0.25, -0.2) is 0 Å². The van der Waals surface area contributed by atoms with Crippen LogP contribution in [0.4, 0.5) is 0 Å². The SMILES string of the molecule is COc1ccc(C[C@@H]2c3cc(OC)c(OC)cc3CC[N+]2(C)CCCCCCCCCCCOC(=O)CC[N+]2(C)CCc3cc(OC)c(OC)cc3C2)cc1OC. The lowest BCUT2D eigenvalue weighted by Crippen LogP contribution is -2.52. The molecule has 10 heteroatoms. The fraction of sp³-hybridized carbons (Fsp3) is 0.596. The third kappa shape index (κ3) is 11.5. The van der Waals surface area contributed by atoms with Crippen molar-refractivity contribution in [3.8, 4) is 34.5 Å². The zero-order valence-corrected chi connectivity index (χ0v) is 36.2. The predicted molar refractivity (Wildman–Crippen MR) is 225 cm³/mol. The van der Waals surface area contributed by atoms with Gasteiger partial charge in [-0.15, -0.1) is 0 Å². The molecular formula is C47H70N2O8+2. The number of hydrogen-bond donors (Lipinski definition) is 0. The summed E-state index contributed by atoms with van der Waals surface area (Å²) >= 11 is 0. The van der Waals surface area contributed by atoms with E-state index in [1.54, 1.807) is 42.7 Å². The fourth-order valence-corrected chi connectivity index (χ4v) is 9.01. The van der Waals surface area contributed by atoms with Crippen molar-refractivity contribution in [3.05, 3.63) is 70.3 Å². The molecule has 0 aromatic heterocycles. The highest BCUT2D eigenvalue weighted by Crippen LogP contribution is 2.43. The molecule has 2 aliphatic rings. The van der Waals surface area contributed by atoms with E-state index in [4.69, 9.17) is 33.2 Å². The van der Waals surface area contributed by atoms with Gasteiger partial charge in [-0.1, -0.05) is 44.6 Å². The Morgan fingerprint density at radius 3 is 1.74 bits per heavy atom. The van der Waals surface area contributed by atoms with Crippen molar-refractivity contribution in [1.82, 2.24) is 0 Å². The number of carbonyl (C=O) groups excluding carboxylic acids is 1. The number of nitrogens with zero attached hydrogens (tertiary/aromatic N) is 2. The largest absolute Gasteiger partial charge is 0.493 e. The van der Waals surface area contributed by atoms with Gasteiger partial charge in [0.15, 0.2) is 34.5 Å². The standard InChI is InChI=1S/C47H70N2O8/c1-48(24-20-36-30-43(53-5)45(55-7)32-38(36)34-48)25-22-47(50)57-27-17-15-13-11-9-10-12-14-16-23-49(2)26-21-37-31-44(54-6)46(56-8)33-39(37)40(49)28-35-18-19-41(51-3)42(29-35)52-4/h18-19,29-33,40H,9-17,20-28,34H2,1-8H3/q+2/t40-,48?,49?/m1/s1. The molecule has 57 heavy (non-hydrogen) atoms. The quantitative estimate of drug-likeness (QED) is 0.0537. The molecule has 314 valence electrons. The highest BCUT2D eigenvalue weighted by molar-refractivity contribution is 5.69. The average molecular weight is 791 g/mol. The van der Waals surface area contributed by atoms with E-state index in [1.165, 1.54) is 72.8 Å². The maximum atomic E-state index is 12.6. The van der Waals surface area contributed by atoms with Crippen LogP contribution in [0.2, 0.25) is 0 Å². The van der Waals surface area contributed by atoms with Gasteiger partial charge in [-0.2, -0.15) is 0 Å². The summed E-state index contributed by atoms with van der Waals surface area (Å²) < 4.78 is 41.1. The predicted octanol–water partition coefficient (Wildman–Crippen LogP) is 8.67. The van der Waals surface area contributed by atoms with Crippen molar-refractivity contribution < 1.29 is 46.9 Å². The lowest BCUT2D eigenvalue weighted by Gasteiger charge is -2.46. The van der Waals surface area contributed by atoms with E-state index in [0.717, 1.165) is 108 Å². The van der Waals surface area contributed by atoms with Crippen molar-refractivity contribution >= 4 is 5.97 Å². The number of fused-ring (bicyclic) bond motifs is 2. The van der Waals surface area contributed by atoms with Crippen LogP contribution in [-0.2, 0) is 35.3 Å². The molecule has 0 N–H and O–H groups in total. The molecule has 2 unspecified atom stereocenters. The summed E-state index contributed by atoms with van der Waals surface area (Å²) in [6, 6.07) is 15.2. The van der Waals surface area contributed by atoms with E-state index >= 15 is 0 Å². The summed E-state index contributed by atoms with van der Waals surface area (Å²) in [7, 11) is 14.8. The topological polar surface area (TPSA) is 81.7 Å². The highest BCUT2D eigenvalue weighted by Gasteiger charge is 2.40. The second kappa shape index (κ2) is 21.0. The van der Waals surface area contributed by atoms with Gasteiger partial charge in [0.2, 0.25) is 0 Å². The molecule has 3 atom stereocenters. The number of ether oxygens (including phenoxy) is 7. The highest BCUT2D eigenvalue weighted by atomic mass is 16.5. The number of likely N-dealkylation sites (N-methyl/N-ethyl adjacent to an activating group) is 2. The number of carbonyl (C=O) groups is 1. The van der Waals surface area contributed by atoms with E-state index < -0.39 is 0 Å². The monoisotopic (exact) mass is 791 g/mol. The summed E-state index contributed by atoms with van der Waals surface area (Å²) in [4.78, 5) is 12.6. The van der Waals surface area contributed by atoms with E-state index in [1.807, 2.05) is 6.07 Å². The van der Waals surface area contributed by atoms with Crippen LogP contribution in [0.15, 0.2) is 42.5 Å². The van der Waals surface area contributed by atoms with Crippen LogP contribution >= 0.6 is 0 Å². The maximum absolute atomic E-state index is 12.6. The molecule has 0 bridgehead atoms. The first-order valence-electron chi connectivity index (χ1n) is 21.1. The third-order valence-corrected chi connectivity index (χ3v) is 12.6. The molecule has 0 aliphatic carbocycles. The Morgan fingerprint density at radius 1 is 0.579 bits per heavy atom. The number of esters is 1. The Bertz CT molecular complexity index is 1760. The van der Waals surface area contributed by atoms with Crippen LogP contribution in [0.25, 0.3) is 0 Å². The number of hydrogen-bond acceptors (Lipinski definition) is 8. The number of quaternary nitrogens is 2. The minimum atomic E-state index is -0.0791. The van der Waals surface area contributed by atoms with E-state index in [0.29, 0.717) is 19.1 Å². The summed E-state index contributed by atoms with van der Waals surface area (Å²) in [5, 5.41) is 0. The van der Waals surface area contributed by atoms with Crippen molar-refractivity contribution in [2.45, 2.75) is 96.1 Å². The van der Waals surface area contributed by atoms with Crippen molar-refractivity contribution in [2.24, 2.45) is 0 Å². The van der Waals surface area contributed by atoms with Crippen LogP contribution in [-0.4, -0.2) is 104 Å². The lowest BCUT2D eigenvalue weighted by atomic mass is 9.86. The molecule has 0 saturated heterocycles. The van der Waals surface area contributed by atoms with Gasteiger partial charge in [-0.3, -0.25) is 4.79 Å². The van der Waals surface area contributed by atoms with E-state index in [2.05, 4.69) is 50.5 Å². The van der Waals surface area contributed by atoms with Gasteiger partial charge in [-0.05, 0) is 72.4 Å². The second-order valence-corrected chi connectivity index (χ2v) is 16.6. The molecule has 5 rings (SSSR count). The van der Waals surface area contributed by atoms with Crippen LogP contribution in [0.5, 0.6) is 34.5 Å². The Morgan fingerprint density at radius 2 is 1.11 bits per heavy atom. The molecular weight excluding hydrogens is 721 g/mol. The van der Waals surface area contributed by atoms with Gasteiger partial charge in [0.1, 0.15) is 12.6 Å². The number of unbranched alkanes of at least 4 members (excludes halogenated alkanes) is 8. The summed E-state index contributed by atoms with van der Waals surface area (Å²) in [5.74, 6) is 4.57. The summed E-state index contributed by atoms with van der Waals surface area (Å²) in [6.07, 6.45) is 14.1. The Kier molecular flexibility index (Phi) is 16.2. The van der Waals surface area contributed by atoms with Crippen molar-refractivity contribution in [3.63, 3.8) is 0 Å². The van der Waals surface area contributed by atoms with Gasteiger partial charge in [0.25, 0.3) is 0 Å². The maximum Gasteiger partial charge on any atom is 0.311 e. The zero-order valence-electron chi connectivity index (χ0n) is 36.2. The van der Waals surface area contributed by atoms with Gasteiger partial charge >= 0.3 is 5.97 Å². The van der Waals surface area contributed by atoms with Crippen LogP contribution in [0.1, 0.15) is 98.1 Å². The first-order chi connectivity index (χ1) is 27.6. The Balaban J connectivity index is 0.984. The molecule has 0 radical (unpaired) electrons. The molecule has 0 fully saturated rings. The molecule has 3 aromatic rings. The number of benzene rings is 3. The minimum Gasteiger partial charge on any atom is -0.493 e. The minimum absolute atomic E-state index is 0.0791.